The summed E-state index contributed by atoms with van der Waals surface area (Å²) in [5.41, 5.74) is 1.05. The normalized spacial score (nSPS) is 14.7. The van der Waals surface area contributed by atoms with Gasteiger partial charge in [-0.25, -0.2) is 4.98 Å². The molecule has 6 nitrogen and oxygen atoms in total. The predicted molar refractivity (Wildman–Crippen MR) is 67.0 cm³/mol. The summed E-state index contributed by atoms with van der Waals surface area (Å²) in [6.45, 7) is 2.16. The molecule has 0 aliphatic heterocycles. The summed E-state index contributed by atoms with van der Waals surface area (Å²) >= 11 is 0. The molecule has 1 aliphatic rings. The molecule has 1 heterocycles. The number of aromatic nitrogens is 2. The molecule has 2 rings (SSSR count). The minimum Gasteiger partial charge on any atom is -0.383 e. The topological polar surface area (TPSA) is 68.2 Å². The standard InChI is InChI=1S/C12H20N4O2/c1-18-5-4-14-12(17)8-16-9-13-6-11(16)7-15-10-2-3-10/h6,9-10,15H,2-5,7-8H2,1H3,(H,14,17). The lowest BCUT2D eigenvalue weighted by molar-refractivity contribution is -0.121. The molecule has 18 heavy (non-hydrogen) atoms. The molecule has 6 heteroatoms. The average molecular weight is 252 g/mol. The molecule has 100 valence electrons. The highest BCUT2D eigenvalue weighted by atomic mass is 16.5. The Morgan fingerprint density at radius 3 is 3.17 bits per heavy atom. The monoisotopic (exact) mass is 252 g/mol. The van der Waals surface area contributed by atoms with E-state index in [1.165, 1.54) is 12.8 Å². The minimum absolute atomic E-state index is 0.0160. The quantitative estimate of drug-likeness (QED) is 0.634. The fourth-order valence-corrected chi connectivity index (χ4v) is 1.68. The third-order valence-corrected chi connectivity index (χ3v) is 2.89. The second kappa shape index (κ2) is 6.51. The Morgan fingerprint density at radius 2 is 2.44 bits per heavy atom. The Balaban J connectivity index is 1.76. The molecule has 0 spiro atoms. The number of amides is 1. The van der Waals surface area contributed by atoms with E-state index in [-0.39, 0.29) is 5.91 Å². The van der Waals surface area contributed by atoms with E-state index in [2.05, 4.69) is 15.6 Å². The zero-order valence-corrected chi connectivity index (χ0v) is 10.7. The van der Waals surface area contributed by atoms with Gasteiger partial charge < -0.3 is 19.9 Å². The molecule has 1 aromatic rings. The lowest BCUT2D eigenvalue weighted by Crippen LogP contribution is -2.31. The highest BCUT2D eigenvalue weighted by Gasteiger charge is 2.20. The number of ether oxygens (including phenoxy) is 1. The highest BCUT2D eigenvalue weighted by molar-refractivity contribution is 5.75. The first-order chi connectivity index (χ1) is 8.79. The summed E-state index contributed by atoms with van der Waals surface area (Å²) in [4.78, 5) is 15.7. The van der Waals surface area contributed by atoms with Gasteiger partial charge in [-0.05, 0) is 12.8 Å². The van der Waals surface area contributed by atoms with Gasteiger partial charge in [0.25, 0.3) is 0 Å². The van der Waals surface area contributed by atoms with Gasteiger partial charge in [0, 0.05) is 32.4 Å². The first-order valence-corrected chi connectivity index (χ1v) is 6.27. The smallest absolute Gasteiger partial charge is 0.240 e. The van der Waals surface area contributed by atoms with Gasteiger partial charge in [-0.15, -0.1) is 0 Å². The SMILES string of the molecule is COCCNC(=O)Cn1cncc1CNC1CC1. The van der Waals surface area contributed by atoms with Gasteiger partial charge in [0.15, 0.2) is 0 Å². The Morgan fingerprint density at radius 1 is 1.61 bits per heavy atom. The molecular weight excluding hydrogens is 232 g/mol. The van der Waals surface area contributed by atoms with Crippen LogP contribution >= 0.6 is 0 Å². The molecular formula is C12H20N4O2. The summed E-state index contributed by atoms with van der Waals surface area (Å²) in [5.74, 6) is -0.0160. The van der Waals surface area contributed by atoms with E-state index in [0.29, 0.717) is 25.7 Å². The number of carbonyl (C=O) groups is 1. The Kier molecular flexibility index (Phi) is 4.72. The van der Waals surface area contributed by atoms with Crippen molar-refractivity contribution in [1.29, 1.82) is 0 Å². The summed E-state index contributed by atoms with van der Waals surface area (Å²) in [6, 6.07) is 0.656. The van der Waals surface area contributed by atoms with Crippen molar-refractivity contribution in [3.63, 3.8) is 0 Å². The van der Waals surface area contributed by atoms with Gasteiger partial charge in [0.1, 0.15) is 6.54 Å². The number of hydrogen-bond donors (Lipinski definition) is 2. The Bertz CT molecular complexity index is 387. The first-order valence-electron chi connectivity index (χ1n) is 6.27. The number of nitrogens with one attached hydrogen (secondary N) is 2. The van der Waals surface area contributed by atoms with Crippen LogP contribution in [0.15, 0.2) is 12.5 Å². The van der Waals surface area contributed by atoms with Crippen molar-refractivity contribution in [2.75, 3.05) is 20.3 Å². The Labute approximate surface area is 107 Å². The van der Waals surface area contributed by atoms with Gasteiger partial charge in [-0.2, -0.15) is 0 Å². The number of rotatable bonds is 8. The van der Waals surface area contributed by atoms with Crippen LogP contribution in [0.2, 0.25) is 0 Å². The van der Waals surface area contributed by atoms with E-state index in [0.717, 1.165) is 12.2 Å². The number of hydrogen-bond acceptors (Lipinski definition) is 4. The van der Waals surface area contributed by atoms with Gasteiger partial charge in [-0.1, -0.05) is 0 Å². The molecule has 1 aromatic heterocycles. The van der Waals surface area contributed by atoms with Crippen molar-refractivity contribution in [2.45, 2.75) is 32.0 Å². The molecule has 2 N–H and O–H groups in total. The highest BCUT2D eigenvalue weighted by Crippen LogP contribution is 2.19. The van der Waals surface area contributed by atoms with Crippen molar-refractivity contribution in [3.05, 3.63) is 18.2 Å². The minimum atomic E-state index is -0.0160. The maximum atomic E-state index is 11.7. The van der Waals surface area contributed by atoms with Crippen LogP contribution in [0.4, 0.5) is 0 Å². The zero-order valence-electron chi connectivity index (χ0n) is 10.7. The van der Waals surface area contributed by atoms with Gasteiger partial charge >= 0.3 is 0 Å². The van der Waals surface area contributed by atoms with Crippen LogP contribution in [-0.2, 0) is 22.6 Å². The number of imidazole rings is 1. The largest absolute Gasteiger partial charge is 0.383 e. The summed E-state index contributed by atoms with van der Waals surface area (Å²) in [5, 5.41) is 6.21. The van der Waals surface area contributed by atoms with Crippen molar-refractivity contribution in [1.82, 2.24) is 20.2 Å². The van der Waals surface area contributed by atoms with Crippen LogP contribution in [0.1, 0.15) is 18.5 Å². The fraction of sp³-hybridized carbons (Fsp3) is 0.667. The summed E-state index contributed by atoms with van der Waals surface area (Å²) in [6.07, 6.45) is 6.01. The predicted octanol–water partition coefficient (Wildman–Crippen LogP) is -0.102. The molecule has 0 atom stereocenters. The molecule has 0 bridgehead atoms. The molecule has 0 saturated heterocycles. The van der Waals surface area contributed by atoms with Gasteiger partial charge in [-0.3, -0.25) is 4.79 Å². The van der Waals surface area contributed by atoms with Crippen LogP contribution < -0.4 is 10.6 Å². The van der Waals surface area contributed by atoms with E-state index >= 15 is 0 Å². The second-order valence-electron chi connectivity index (χ2n) is 4.51. The van der Waals surface area contributed by atoms with Crippen LogP contribution in [-0.4, -0.2) is 41.8 Å². The van der Waals surface area contributed by atoms with E-state index < -0.39 is 0 Å². The molecule has 1 saturated carbocycles. The summed E-state index contributed by atoms with van der Waals surface area (Å²) < 4.78 is 6.75. The molecule has 0 unspecified atom stereocenters. The fourth-order valence-electron chi connectivity index (χ4n) is 1.68. The van der Waals surface area contributed by atoms with Crippen LogP contribution in [0, 0.1) is 0 Å². The van der Waals surface area contributed by atoms with Crippen molar-refractivity contribution in [3.8, 4) is 0 Å². The first kappa shape index (κ1) is 13.0. The van der Waals surface area contributed by atoms with Crippen molar-refractivity contribution >= 4 is 5.91 Å². The molecule has 1 fully saturated rings. The third kappa shape index (κ3) is 4.12. The van der Waals surface area contributed by atoms with Crippen LogP contribution in [0.3, 0.4) is 0 Å². The molecule has 0 aromatic carbocycles. The maximum Gasteiger partial charge on any atom is 0.240 e. The molecule has 0 radical (unpaired) electrons. The third-order valence-electron chi connectivity index (χ3n) is 2.89. The summed E-state index contributed by atoms with van der Waals surface area (Å²) in [7, 11) is 1.61. The number of methoxy groups -OCH3 is 1. The number of nitrogens with zero attached hydrogens (tertiary/aromatic N) is 2. The van der Waals surface area contributed by atoms with Crippen LogP contribution in [0.25, 0.3) is 0 Å². The molecule has 1 amide bonds. The zero-order chi connectivity index (χ0) is 12.8. The Hall–Kier alpha value is -1.40. The van der Waals surface area contributed by atoms with E-state index in [1.807, 2.05) is 4.57 Å². The maximum absolute atomic E-state index is 11.7. The van der Waals surface area contributed by atoms with Crippen molar-refractivity contribution < 1.29 is 9.53 Å². The van der Waals surface area contributed by atoms with E-state index in [9.17, 15) is 4.79 Å². The van der Waals surface area contributed by atoms with Crippen molar-refractivity contribution in [2.24, 2.45) is 0 Å². The molecule has 1 aliphatic carbocycles. The lowest BCUT2D eigenvalue weighted by atomic mass is 10.4. The van der Waals surface area contributed by atoms with Crippen LogP contribution in [0.5, 0.6) is 0 Å². The lowest BCUT2D eigenvalue weighted by Gasteiger charge is -2.09. The second-order valence-corrected chi connectivity index (χ2v) is 4.51. The van der Waals surface area contributed by atoms with E-state index in [4.69, 9.17) is 4.74 Å². The van der Waals surface area contributed by atoms with Gasteiger partial charge in [0.2, 0.25) is 5.91 Å². The number of carbonyl (C=O) groups excluding carboxylic acids is 1. The van der Waals surface area contributed by atoms with E-state index in [1.54, 1.807) is 19.6 Å². The van der Waals surface area contributed by atoms with Gasteiger partial charge in [0.05, 0.1) is 18.6 Å². The average Bonchev–Trinajstić information content (AvgIpc) is 3.08.